The molecule has 5 atom stereocenters. The summed E-state index contributed by atoms with van der Waals surface area (Å²) in [6.45, 7) is 5.38. The molecule has 3 heterocycles. The van der Waals surface area contributed by atoms with Gasteiger partial charge in [0.25, 0.3) is 0 Å². The highest BCUT2D eigenvalue weighted by Gasteiger charge is 2.69. The Balaban J connectivity index is 1.65. The van der Waals surface area contributed by atoms with E-state index >= 15 is 0 Å². The molecule has 0 aromatic heterocycles. The quantitative estimate of drug-likeness (QED) is 0.591. The Bertz CT molecular complexity index is 716. The number of rotatable bonds is 4. The van der Waals surface area contributed by atoms with E-state index in [0.29, 0.717) is 0 Å². The summed E-state index contributed by atoms with van der Waals surface area (Å²) in [4.78, 5) is 25.9. The maximum absolute atomic E-state index is 13.2. The van der Waals surface area contributed by atoms with Crippen LogP contribution in [0.2, 0.25) is 0 Å². The molecule has 0 unspecified atom stereocenters. The molecule has 0 N–H and O–H groups in total. The lowest BCUT2D eigenvalue weighted by molar-refractivity contribution is -0.210. The predicted molar refractivity (Wildman–Crippen MR) is 88.1 cm³/mol. The van der Waals surface area contributed by atoms with E-state index in [1.165, 1.54) is 0 Å². The normalized spacial score (nSPS) is 37.4. The first kappa shape index (κ1) is 17.6. The summed E-state index contributed by atoms with van der Waals surface area (Å²) in [5.74, 6) is -1.97. The molecule has 3 saturated heterocycles. The summed E-state index contributed by atoms with van der Waals surface area (Å²) < 4.78 is 28.5. The van der Waals surface area contributed by atoms with Gasteiger partial charge in [0.2, 0.25) is 11.4 Å². The summed E-state index contributed by atoms with van der Waals surface area (Å²) in [6.07, 6.45) is -2.77. The molecule has 0 amide bonds. The van der Waals surface area contributed by atoms with E-state index in [0.717, 1.165) is 5.56 Å². The standard InChI is InChI=1S/C19H22O7/c1-4-22-17(21)19(10-11-8-6-5-7-9-11)15(20)13-12(25-19)14-16(23-13)26-18(2,3)24-14/h5-9,12-14,16H,4,10H2,1-3H3/t12-,13-,14+,16+,19+/m0/s1. The highest BCUT2D eigenvalue weighted by molar-refractivity contribution is 6.11. The second-order valence-electron chi connectivity index (χ2n) is 7.18. The summed E-state index contributed by atoms with van der Waals surface area (Å²) in [5.41, 5.74) is -0.928. The van der Waals surface area contributed by atoms with Crippen LogP contribution in [0.5, 0.6) is 0 Å². The van der Waals surface area contributed by atoms with Crippen molar-refractivity contribution in [1.29, 1.82) is 0 Å². The van der Waals surface area contributed by atoms with Crippen molar-refractivity contribution in [2.75, 3.05) is 6.61 Å². The Hall–Kier alpha value is -1.80. The number of carbonyl (C=O) groups excluding carboxylic acids is 2. The van der Waals surface area contributed by atoms with Crippen molar-refractivity contribution in [1.82, 2.24) is 0 Å². The highest BCUT2D eigenvalue weighted by Crippen LogP contribution is 2.46. The largest absolute Gasteiger partial charge is 0.463 e. The summed E-state index contributed by atoms with van der Waals surface area (Å²) in [6, 6.07) is 9.24. The van der Waals surface area contributed by atoms with E-state index in [1.54, 1.807) is 20.8 Å². The van der Waals surface area contributed by atoms with E-state index in [4.69, 9.17) is 23.7 Å². The van der Waals surface area contributed by atoms with Gasteiger partial charge in [0.15, 0.2) is 18.2 Å². The zero-order valence-corrected chi connectivity index (χ0v) is 15.0. The smallest absolute Gasteiger partial charge is 0.346 e. The second-order valence-corrected chi connectivity index (χ2v) is 7.18. The number of hydrogen-bond donors (Lipinski definition) is 0. The molecule has 0 radical (unpaired) electrons. The Kier molecular flexibility index (Phi) is 4.15. The third-order valence-electron chi connectivity index (χ3n) is 4.89. The van der Waals surface area contributed by atoms with Gasteiger partial charge in [0, 0.05) is 6.42 Å². The average molecular weight is 362 g/mol. The first-order valence-electron chi connectivity index (χ1n) is 8.81. The molecule has 26 heavy (non-hydrogen) atoms. The van der Waals surface area contributed by atoms with Crippen molar-refractivity contribution < 1.29 is 33.3 Å². The minimum absolute atomic E-state index is 0.0868. The number of esters is 1. The molecule has 0 spiro atoms. The SMILES string of the molecule is CCOC(=O)[C@]1(Cc2ccccc2)O[C@@H]2[C@H]3OC(C)(C)O[C@H]3O[C@@H]2C1=O. The number of carbonyl (C=O) groups is 2. The van der Waals surface area contributed by atoms with Crippen molar-refractivity contribution in [3.63, 3.8) is 0 Å². The lowest BCUT2D eigenvalue weighted by Gasteiger charge is -2.27. The van der Waals surface area contributed by atoms with Gasteiger partial charge in [-0.2, -0.15) is 0 Å². The van der Waals surface area contributed by atoms with Gasteiger partial charge in [-0.3, -0.25) is 4.79 Å². The molecule has 7 nitrogen and oxygen atoms in total. The fourth-order valence-corrected chi connectivity index (χ4v) is 3.82. The Morgan fingerprint density at radius 2 is 1.85 bits per heavy atom. The zero-order chi connectivity index (χ0) is 18.5. The molecule has 3 aliphatic heterocycles. The first-order chi connectivity index (χ1) is 12.4. The lowest BCUT2D eigenvalue weighted by Crippen LogP contribution is -2.50. The number of ether oxygens (including phenoxy) is 5. The third kappa shape index (κ3) is 2.66. The Labute approximate surface area is 151 Å². The first-order valence-corrected chi connectivity index (χ1v) is 8.81. The number of ketones is 1. The van der Waals surface area contributed by atoms with Crippen LogP contribution in [0.3, 0.4) is 0 Å². The van der Waals surface area contributed by atoms with Crippen molar-refractivity contribution >= 4 is 11.8 Å². The van der Waals surface area contributed by atoms with Crippen LogP contribution in [0.25, 0.3) is 0 Å². The van der Waals surface area contributed by atoms with Crippen molar-refractivity contribution in [2.45, 2.75) is 63.2 Å². The fourth-order valence-electron chi connectivity index (χ4n) is 3.82. The number of Topliss-reactive ketones (excluding diaryl/α,β-unsaturated/α-hetero) is 1. The number of benzene rings is 1. The van der Waals surface area contributed by atoms with Gasteiger partial charge in [0.05, 0.1) is 6.61 Å². The summed E-state index contributed by atoms with van der Waals surface area (Å²) >= 11 is 0. The minimum atomic E-state index is -1.73. The van der Waals surface area contributed by atoms with Gasteiger partial charge < -0.3 is 23.7 Å². The summed E-state index contributed by atoms with van der Waals surface area (Å²) in [7, 11) is 0. The molecule has 0 saturated carbocycles. The maximum atomic E-state index is 13.2. The maximum Gasteiger partial charge on any atom is 0.346 e. The van der Waals surface area contributed by atoms with E-state index in [1.807, 2.05) is 30.3 Å². The molecule has 1 aromatic rings. The van der Waals surface area contributed by atoms with Gasteiger partial charge in [-0.1, -0.05) is 30.3 Å². The van der Waals surface area contributed by atoms with Gasteiger partial charge >= 0.3 is 5.97 Å². The molecule has 0 aliphatic carbocycles. The van der Waals surface area contributed by atoms with Crippen molar-refractivity contribution in [2.24, 2.45) is 0 Å². The van der Waals surface area contributed by atoms with Crippen LogP contribution in [0.15, 0.2) is 30.3 Å². The number of fused-ring (bicyclic) bond motifs is 3. The van der Waals surface area contributed by atoms with Crippen LogP contribution in [0.4, 0.5) is 0 Å². The van der Waals surface area contributed by atoms with Crippen molar-refractivity contribution in [3.05, 3.63) is 35.9 Å². The minimum Gasteiger partial charge on any atom is -0.463 e. The van der Waals surface area contributed by atoms with Crippen LogP contribution in [-0.2, 0) is 39.7 Å². The van der Waals surface area contributed by atoms with E-state index in [2.05, 4.69) is 0 Å². The zero-order valence-electron chi connectivity index (χ0n) is 15.0. The third-order valence-corrected chi connectivity index (χ3v) is 4.89. The average Bonchev–Trinajstić information content (AvgIpc) is 3.16. The van der Waals surface area contributed by atoms with Crippen LogP contribution in [0, 0.1) is 0 Å². The molecule has 4 rings (SSSR count). The van der Waals surface area contributed by atoms with Crippen molar-refractivity contribution in [3.8, 4) is 0 Å². The molecule has 1 aromatic carbocycles. The van der Waals surface area contributed by atoms with E-state index < -0.39 is 47.7 Å². The van der Waals surface area contributed by atoms with Gasteiger partial charge in [-0.25, -0.2) is 4.79 Å². The molecule has 3 aliphatic rings. The topological polar surface area (TPSA) is 80.3 Å². The Morgan fingerprint density at radius 1 is 1.12 bits per heavy atom. The second kappa shape index (κ2) is 6.13. The highest BCUT2D eigenvalue weighted by atomic mass is 16.8. The molecule has 140 valence electrons. The monoisotopic (exact) mass is 362 g/mol. The van der Waals surface area contributed by atoms with Crippen LogP contribution in [0.1, 0.15) is 26.3 Å². The van der Waals surface area contributed by atoms with Crippen LogP contribution in [-0.4, -0.2) is 54.3 Å². The fraction of sp³-hybridized carbons (Fsp3) is 0.579. The molecule has 0 bridgehead atoms. The van der Waals surface area contributed by atoms with E-state index in [9.17, 15) is 9.59 Å². The molecule has 3 fully saturated rings. The van der Waals surface area contributed by atoms with Crippen LogP contribution < -0.4 is 0 Å². The number of hydrogen-bond acceptors (Lipinski definition) is 7. The molecule has 7 heteroatoms. The van der Waals surface area contributed by atoms with Gasteiger partial charge in [-0.05, 0) is 26.3 Å². The predicted octanol–water partition coefficient (Wildman–Crippen LogP) is 1.38. The van der Waals surface area contributed by atoms with Gasteiger partial charge in [0.1, 0.15) is 12.2 Å². The van der Waals surface area contributed by atoms with E-state index in [-0.39, 0.29) is 13.0 Å². The summed E-state index contributed by atoms with van der Waals surface area (Å²) in [5, 5.41) is 0. The molecular weight excluding hydrogens is 340 g/mol. The lowest BCUT2D eigenvalue weighted by atomic mass is 9.89. The van der Waals surface area contributed by atoms with Crippen LogP contribution >= 0.6 is 0 Å². The Morgan fingerprint density at radius 3 is 2.54 bits per heavy atom. The van der Waals surface area contributed by atoms with Gasteiger partial charge in [-0.15, -0.1) is 0 Å². The molecular formula is C19H22O7.